The lowest BCUT2D eigenvalue weighted by molar-refractivity contribution is -0.195. The van der Waals surface area contributed by atoms with Gasteiger partial charge in [-0.05, 0) is 17.7 Å². The predicted octanol–water partition coefficient (Wildman–Crippen LogP) is 3.50. The van der Waals surface area contributed by atoms with Gasteiger partial charge < -0.3 is 5.11 Å². The van der Waals surface area contributed by atoms with Crippen molar-refractivity contribution in [2.24, 2.45) is 0 Å². The van der Waals surface area contributed by atoms with Crippen LogP contribution in [-0.4, -0.2) is 23.1 Å². The SMILES string of the molecule is OC(CSCc1ccc(Cl)cc1)C(F)(F)F. The molecule has 0 spiro atoms. The molecule has 1 rings (SSSR count). The maximum Gasteiger partial charge on any atom is 0.415 e. The molecule has 0 saturated carbocycles. The van der Waals surface area contributed by atoms with Crippen LogP contribution < -0.4 is 0 Å². The monoisotopic (exact) mass is 270 g/mol. The number of aliphatic hydroxyl groups is 1. The largest absolute Gasteiger partial charge is 0.415 e. The van der Waals surface area contributed by atoms with Gasteiger partial charge in [-0.2, -0.15) is 24.9 Å². The topological polar surface area (TPSA) is 20.2 Å². The summed E-state index contributed by atoms with van der Waals surface area (Å²) in [4.78, 5) is 0. The molecule has 0 aliphatic carbocycles. The highest BCUT2D eigenvalue weighted by Gasteiger charge is 2.37. The fourth-order valence-electron chi connectivity index (χ4n) is 0.964. The fraction of sp³-hybridized carbons (Fsp3) is 0.400. The molecule has 0 heterocycles. The maximum absolute atomic E-state index is 11.9. The molecule has 1 aromatic carbocycles. The molecule has 0 saturated heterocycles. The Hall–Kier alpha value is -0.390. The molecule has 90 valence electrons. The highest BCUT2D eigenvalue weighted by molar-refractivity contribution is 7.98. The summed E-state index contributed by atoms with van der Waals surface area (Å²) in [5.74, 6) is 0.0659. The molecule has 1 unspecified atom stereocenters. The Morgan fingerprint density at radius 3 is 2.31 bits per heavy atom. The van der Waals surface area contributed by atoms with E-state index in [4.69, 9.17) is 16.7 Å². The van der Waals surface area contributed by atoms with E-state index in [1.807, 2.05) is 0 Å². The minimum absolute atomic E-state index is 0.355. The second kappa shape index (κ2) is 5.80. The predicted molar refractivity (Wildman–Crippen MR) is 59.7 cm³/mol. The van der Waals surface area contributed by atoms with E-state index in [2.05, 4.69) is 0 Å². The first-order chi connectivity index (χ1) is 7.39. The summed E-state index contributed by atoms with van der Waals surface area (Å²) in [6, 6.07) is 6.85. The first-order valence-electron chi connectivity index (χ1n) is 4.46. The molecular formula is C10H10ClF3OS. The van der Waals surface area contributed by atoms with Crippen LogP contribution in [0.1, 0.15) is 5.56 Å². The number of thioether (sulfide) groups is 1. The normalized spacial score (nSPS) is 13.8. The zero-order valence-corrected chi connectivity index (χ0v) is 9.74. The van der Waals surface area contributed by atoms with Crippen LogP contribution >= 0.6 is 23.4 Å². The molecule has 6 heteroatoms. The van der Waals surface area contributed by atoms with E-state index in [-0.39, 0.29) is 5.75 Å². The van der Waals surface area contributed by atoms with Crippen molar-refractivity contribution in [1.82, 2.24) is 0 Å². The van der Waals surface area contributed by atoms with E-state index < -0.39 is 12.3 Å². The van der Waals surface area contributed by atoms with E-state index in [9.17, 15) is 13.2 Å². The highest BCUT2D eigenvalue weighted by Crippen LogP contribution is 2.24. The summed E-state index contributed by atoms with van der Waals surface area (Å²) >= 11 is 6.69. The van der Waals surface area contributed by atoms with Crippen LogP contribution in [0.5, 0.6) is 0 Å². The van der Waals surface area contributed by atoms with Crippen molar-refractivity contribution in [2.75, 3.05) is 5.75 Å². The summed E-state index contributed by atoms with van der Waals surface area (Å²) in [5, 5.41) is 9.33. The average molecular weight is 271 g/mol. The van der Waals surface area contributed by atoms with Crippen molar-refractivity contribution >= 4 is 23.4 Å². The number of alkyl halides is 3. The van der Waals surface area contributed by atoms with Gasteiger partial charge in [-0.15, -0.1) is 0 Å². The van der Waals surface area contributed by atoms with Crippen molar-refractivity contribution in [2.45, 2.75) is 18.0 Å². The lowest BCUT2D eigenvalue weighted by atomic mass is 10.2. The van der Waals surface area contributed by atoms with E-state index in [1.54, 1.807) is 24.3 Å². The van der Waals surface area contributed by atoms with Crippen LogP contribution in [0.3, 0.4) is 0 Å². The molecule has 0 aliphatic heterocycles. The zero-order chi connectivity index (χ0) is 12.2. The molecule has 1 atom stereocenters. The van der Waals surface area contributed by atoms with Gasteiger partial charge in [0.25, 0.3) is 0 Å². The average Bonchev–Trinajstić information content (AvgIpc) is 2.19. The quantitative estimate of drug-likeness (QED) is 0.904. The van der Waals surface area contributed by atoms with Gasteiger partial charge >= 0.3 is 6.18 Å². The van der Waals surface area contributed by atoms with Gasteiger partial charge in [0.1, 0.15) is 0 Å². The van der Waals surface area contributed by atoms with Gasteiger partial charge in [0.15, 0.2) is 6.10 Å². The fourth-order valence-corrected chi connectivity index (χ4v) is 2.05. The smallest absolute Gasteiger partial charge is 0.383 e. The van der Waals surface area contributed by atoms with Crippen molar-refractivity contribution in [3.63, 3.8) is 0 Å². The lowest BCUT2D eigenvalue weighted by Gasteiger charge is -2.13. The standard InChI is InChI=1S/C10H10ClF3OS/c11-8-3-1-7(2-4-8)5-16-6-9(15)10(12,13)14/h1-4,9,15H,5-6H2. The molecule has 1 nitrogen and oxygen atoms in total. The molecule has 1 N–H and O–H groups in total. The summed E-state index contributed by atoms with van der Waals surface area (Å²) in [5.41, 5.74) is 0.878. The first kappa shape index (κ1) is 13.7. The molecule has 0 fully saturated rings. The number of rotatable bonds is 4. The molecule has 0 aromatic heterocycles. The van der Waals surface area contributed by atoms with E-state index in [0.717, 1.165) is 17.3 Å². The Morgan fingerprint density at radius 2 is 1.81 bits per heavy atom. The second-order valence-corrected chi connectivity index (χ2v) is 4.67. The van der Waals surface area contributed by atoms with Crippen LogP contribution in [0, 0.1) is 0 Å². The third kappa shape index (κ3) is 4.63. The number of hydrogen-bond donors (Lipinski definition) is 1. The Kier molecular flexibility index (Phi) is 4.95. The van der Waals surface area contributed by atoms with Gasteiger partial charge in [-0.3, -0.25) is 0 Å². The van der Waals surface area contributed by atoms with Gasteiger partial charge in [0, 0.05) is 16.5 Å². The molecule has 0 amide bonds. The van der Waals surface area contributed by atoms with E-state index in [0.29, 0.717) is 10.8 Å². The maximum atomic E-state index is 11.9. The number of aliphatic hydroxyl groups excluding tert-OH is 1. The van der Waals surface area contributed by atoms with Crippen molar-refractivity contribution in [1.29, 1.82) is 0 Å². The van der Waals surface area contributed by atoms with Crippen molar-refractivity contribution in [3.8, 4) is 0 Å². The highest BCUT2D eigenvalue weighted by atomic mass is 35.5. The van der Waals surface area contributed by atoms with Crippen LogP contribution in [0.15, 0.2) is 24.3 Å². The van der Waals surface area contributed by atoms with Crippen LogP contribution in [0.2, 0.25) is 5.02 Å². The van der Waals surface area contributed by atoms with E-state index >= 15 is 0 Å². The summed E-state index contributed by atoms with van der Waals surface area (Å²) in [6.45, 7) is 0. The Balaban J connectivity index is 2.33. The molecule has 0 aliphatic rings. The summed E-state index contributed by atoms with van der Waals surface area (Å²) in [7, 11) is 0. The second-order valence-electron chi connectivity index (χ2n) is 3.20. The minimum atomic E-state index is -4.53. The molecular weight excluding hydrogens is 261 g/mol. The third-order valence-electron chi connectivity index (χ3n) is 1.84. The molecule has 1 aromatic rings. The molecule has 0 radical (unpaired) electrons. The van der Waals surface area contributed by atoms with E-state index in [1.165, 1.54) is 0 Å². The Labute approximate surface area is 101 Å². The number of benzene rings is 1. The van der Waals surface area contributed by atoms with Crippen molar-refractivity contribution in [3.05, 3.63) is 34.9 Å². The first-order valence-corrected chi connectivity index (χ1v) is 6.00. The zero-order valence-electron chi connectivity index (χ0n) is 8.17. The molecule has 16 heavy (non-hydrogen) atoms. The number of halogens is 4. The Morgan fingerprint density at radius 1 is 1.25 bits per heavy atom. The van der Waals surface area contributed by atoms with Gasteiger partial charge in [-0.1, -0.05) is 23.7 Å². The number of hydrogen-bond acceptors (Lipinski definition) is 2. The van der Waals surface area contributed by atoms with Gasteiger partial charge in [-0.25, -0.2) is 0 Å². The van der Waals surface area contributed by atoms with Gasteiger partial charge in [0.2, 0.25) is 0 Å². The van der Waals surface area contributed by atoms with Crippen LogP contribution in [0.4, 0.5) is 13.2 Å². The Bertz CT molecular complexity index is 326. The third-order valence-corrected chi connectivity index (χ3v) is 3.18. The molecule has 0 bridgehead atoms. The minimum Gasteiger partial charge on any atom is -0.383 e. The summed E-state index contributed by atoms with van der Waals surface area (Å²) < 4.78 is 35.8. The van der Waals surface area contributed by atoms with Crippen LogP contribution in [-0.2, 0) is 5.75 Å². The van der Waals surface area contributed by atoms with Crippen molar-refractivity contribution < 1.29 is 18.3 Å². The summed E-state index contributed by atoms with van der Waals surface area (Å²) in [6.07, 6.45) is -6.79. The van der Waals surface area contributed by atoms with Gasteiger partial charge in [0.05, 0.1) is 0 Å². The van der Waals surface area contributed by atoms with Crippen LogP contribution in [0.25, 0.3) is 0 Å². The lowest BCUT2D eigenvalue weighted by Crippen LogP contribution is -2.30.